The fourth-order valence-corrected chi connectivity index (χ4v) is 3.35. The highest BCUT2D eigenvalue weighted by Gasteiger charge is 2.13. The van der Waals surface area contributed by atoms with Crippen LogP contribution < -0.4 is 10.9 Å². The lowest BCUT2D eigenvalue weighted by molar-refractivity contribution is 0.0951. The first-order chi connectivity index (χ1) is 13.2. The molecule has 0 spiro atoms. The first kappa shape index (κ1) is 17.2. The summed E-state index contributed by atoms with van der Waals surface area (Å²) < 4.78 is 3.15. The van der Waals surface area contributed by atoms with E-state index in [0.29, 0.717) is 18.7 Å². The van der Waals surface area contributed by atoms with Crippen LogP contribution in [0.1, 0.15) is 34.5 Å². The molecular weight excluding hydrogens is 342 g/mol. The number of nitrogens with one attached hydrogen (secondary N) is 1. The highest BCUT2D eigenvalue weighted by Crippen LogP contribution is 2.16. The minimum Gasteiger partial charge on any atom is -0.350 e. The zero-order valence-corrected chi connectivity index (χ0v) is 15.0. The van der Waals surface area contributed by atoms with Crippen LogP contribution in [0.5, 0.6) is 0 Å². The SMILES string of the molecule is O=C(NCCn1nc2c(cc1=O)CCCC2)c1cccc(-n2cccn2)c1. The van der Waals surface area contributed by atoms with Gasteiger partial charge in [-0.15, -0.1) is 0 Å². The lowest BCUT2D eigenvalue weighted by atomic mass is 9.97. The van der Waals surface area contributed by atoms with E-state index >= 15 is 0 Å². The molecule has 1 aliphatic carbocycles. The van der Waals surface area contributed by atoms with Crippen molar-refractivity contribution >= 4 is 5.91 Å². The smallest absolute Gasteiger partial charge is 0.267 e. The number of hydrogen-bond acceptors (Lipinski definition) is 4. The van der Waals surface area contributed by atoms with Crippen LogP contribution in [-0.4, -0.2) is 32.0 Å². The van der Waals surface area contributed by atoms with E-state index in [2.05, 4.69) is 15.5 Å². The van der Waals surface area contributed by atoms with Gasteiger partial charge < -0.3 is 5.32 Å². The number of nitrogens with zero attached hydrogens (tertiary/aromatic N) is 4. The van der Waals surface area contributed by atoms with E-state index in [0.717, 1.165) is 42.6 Å². The third-order valence-electron chi connectivity index (χ3n) is 4.76. The Kier molecular flexibility index (Phi) is 4.82. The van der Waals surface area contributed by atoms with Crippen molar-refractivity contribution < 1.29 is 4.79 Å². The number of rotatable bonds is 5. The molecule has 2 aromatic heterocycles. The van der Waals surface area contributed by atoms with E-state index in [9.17, 15) is 9.59 Å². The molecule has 0 saturated carbocycles. The maximum atomic E-state index is 12.4. The topological polar surface area (TPSA) is 81.8 Å². The van der Waals surface area contributed by atoms with Gasteiger partial charge in [0, 0.05) is 30.6 Å². The highest BCUT2D eigenvalue weighted by molar-refractivity contribution is 5.94. The van der Waals surface area contributed by atoms with Gasteiger partial charge in [-0.25, -0.2) is 9.36 Å². The van der Waals surface area contributed by atoms with Crippen LogP contribution >= 0.6 is 0 Å². The highest BCUT2D eigenvalue weighted by atomic mass is 16.2. The fraction of sp³-hybridized carbons (Fsp3) is 0.300. The predicted molar refractivity (Wildman–Crippen MR) is 101 cm³/mol. The Hall–Kier alpha value is -3.22. The molecular formula is C20H21N5O2. The Bertz CT molecular complexity index is 1010. The van der Waals surface area contributed by atoms with Gasteiger partial charge in [-0.05, 0) is 55.5 Å². The predicted octanol–water partition coefficient (Wildman–Crippen LogP) is 1.74. The third kappa shape index (κ3) is 3.81. The van der Waals surface area contributed by atoms with Crippen LogP contribution in [0.3, 0.4) is 0 Å². The molecule has 1 aliphatic rings. The third-order valence-corrected chi connectivity index (χ3v) is 4.76. The van der Waals surface area contributed by atoms with Crippen LogP contribution in [0.2, 0.25) is 0 Å². The van der Waals surface area contributed by atoms with Crippen molar-refractivity contribution in [3.63, 3.8) is 0 Å². The van der Waals surface area contributed by atoms with E-state index in [4.69, 9.17) is 0 Å². The van der Waals surface area contributed by atoms with Crippen molar-refractivity contribution in [2.75, 3.05) is 6.54 Å². The summed E-state index contributed by atoms with van der Waals surface area (Å²) in [4.78, 5) is 24.6. The van der Waals surface area contributed by atoms with Crippen molar-refractivity contribution in [2.24, 2.45) is 0 Å². The summed E-state index contributed by atoms with van der Waals surface area (Å²) >= 11 is 0. The van der Waals surface area contributed by atoms with E-state index in [1.807, 2.05) is 24.4 Å². The van der Waals surface area contributed by atoms with Crippen molar-refractivity contribution in [1.82, 2.24) is 24.9 Å². The zero-order valence-electron chi connectivity index (χ0n) is 15.0. The van der Waals surface area contributed by atoms with Crippen LogP contribution in [0.4, 0.5) is 0 Å². The Morgan fingerprint density at radius 3 is 2.89 bits per heavy atom. The minimum absolute atomic E-state index is 0.106. The molecule has 1 N–H and O–H groups in total. The van der Waals surface area contributed by atoms with Crippen molar-refractivity contribution in [3.05, 3.63) is 76.0 Å². The molecule has 0 radical (unpaired) electrons. The van der Waals surface area contributed by atoms with E-state index in [1.54, 1.807) is 29.1 Å². The van der Waals surface area contributed by atoms with Crippen LogP contribution in [0.25, 0.3) is 5.69 Å². The van der Waals surface area contributed by atoms with E-state index in [-0.39, 0.29) is 11.5 Å². The number of carbonyl (C=O) groups is 1. The average molecular weight is 363 g/mol. The molecule has 4 rings (SSSR count). The number of fused-ring (bicyclic) bond motifs is 1. The van der Waals surface area contributed by atoms with E-state index < -0.39 is 0 Å². The largest absolute Gasteiger partial charge is 0.350 e. The molecule has 0 bridgehead atoms. The number of amides is 1. The van der Waals surface area contributed by atoms with Crippen molar-refractivity contribution in [1.29, 1.82) is 0 Å². The molecule has 1 aromatic carbocycles. The zero-order chi connectivity index (χ0) is 18.6. The lowest BCUT2D eigenvalue weighted by Crippen LogP contribution is -2.33. The quantitative estimate of drug-likeness (QED) is 0.749. The number of aromatic nitrogens is 4. The first-order valence-electron chi connectivity index (χ1n) is 9.19. The Balaban J connectivity index is 1.40. The summed E-state index contributed by atoms with van der Waals surface area (Å²) in [5.41, 5.74) is 3.35. The standard InChI is InChI=1S/C20H21N5O2/c26-19-14-15-5-1-2-8-18(15)23-25(19)12-10-21-20(27)16-6-3-7-17(13-16)24-11-4-9-22-24/h3-4,6-7,9,11,13-14H,1-2,5,8,10,12H2,(H,21,27). The average Bonchev–Trinajstić information content (AvgIpc) is 3.23. The first-order valence-corrected chi connectivity index (χ1v) is 9.19. The number of aryl methyl sites for hydroxylation is 2. The molecule has 0 fully saturated rings. The van der Waals surface area contributed by atoms with Crippen LogP contribution in [0.15, 0.2) is 53.6 Å². The summed E-state index contributed by atoms with van der Waals surface area (Å²) in [5, 5.41) is 11.5. The summed E-state index contributed by atoms with van der Waals surface area (Å²) in [6.07, 6.45) is 7.60. The van der Waals surface area contributed by atoms with Gasteiger partial charge in [0.2, 0.25) is 0 Å². The van der Waals surface area contributed by atoms with Gasteiger partial charge in [-0.3, -0.25) is 9.59 Å². The van der Waals surface area contributed by atoms with Gasteiger partial charge in [-0.1, -0.05) is 6.07 Å². The van der Waals surface area contributed by atoms with Gasteiger partial charge in [0.25, 0.3) is 11.5 Å². The van der Waals surface area contributed by atoms with Gasteiger partial charge in [0.05, 0.1) is 17.9 Å². The summed E-state index contributed by atoms with van der Waals surface area (Å²) in [6, 6.07) is 10.8. The molecule has 0 atom stereocenters. The number of carbonyl (C=O) groups excluding carboxylic acids is 1. The molecule has 7 nitrogen and oxygen atoms in total. The Morgan fingerprint density at radius 1 is 1.15 bits per heavy atom. The molecule has 138 valence electrons. The second-order valence-electron chi connectivity index (χ2n) is 6.64. The monoisotopic (exact) mass is 363 g/mol. The molecule has 7 heteroatoms. The lowest BCUT2D eigenvalue weighted by Gasteiger charge is -2.16. The van der Waals surface area contributed by atoms with Crippen molar-refractivity contribution in [2.45, 2.75) is 32.2 Å². The second-order valence-corrected chi connectivity index (χ2v) is 6.64. The maximum absolute atomic E-state index is 12.4. The molecule has 2 heterocycles. The summed E-state index contributed by atoms with van der Waals surface area (Å²) in [6.45, 7) is 0.702. The fourth-order valence-electron chi connectivity index (χ4n) is 3.35. The second kappa shape index (κ2) is 7.57. The van der Waals surface area contributed by atoms with Gasteiger partial charge in [0.15, 0.2) is 0 Å². The van der Waals surface area contributed by atoms with Gasteiger partial charge >= 0.3 is 0 Å². The Labute approximate surface area is 156 Å². The summed E-state index contributed by atoms with van der Waals surface area (Å²) in [7, 11) is 0. The minimum atomic E-state index is -0.185. The molecule has 27 heavy (non-hydrogen) atoms. The number of benzene rings is 1. The summed E-state index contributed by atoms with van der Waals surface area (Å²) in [5.74, 6) is -0.185. The van der Waals surface area contributed by atoms with E-state index in [1.165, 1.54) is 4.68 Å². The van der Waals surface area contributed by atoms with Gasteiger partial charge in [-0.2, -0.15) is 10.2 Å². The van der Waals surface area contributed by atoms with Gasteiger partial charge in [0.1, 0.15) is 0 Å². The normalized spacial score (nSPS) is 13.2. The van der Waals surface area contributed by atoms with Crippen LogP contribution in [-0.2, 0) is 19.4 Å². The van der Waals surface area contributed by atoms with Crippen molar-refractivity contribution in [3.8, 4) is 5.69 Å². The molecule has 3 aromatic rings. The Morgan fingerprint density at radius 2 is 2.04 bits per heavy atom. The van der Waals surface area contributed by atoms with Crippen LogP contribution in [0, 0.1) is 0 Å². The molecule has 1 amide bonds. The molecule has 0 unspecified atom stereocenters. The number of hydrogen-bond donors (Lipinski definition) is 1. The molecule has 0 aliphatic heterocycles. The molecule has 0 saturated heterocycles. The maximum Gasteiger partial charge on any atom is 0.267 e.